The van der Waals surface area contributed by atoms with Crippen molar-refractivity contribution in [2.75, 3.05) is 18.5 Å². The fourth-order valence-electron chi connectivity index (χ4n) is 2.90. The zero-order chi connectivity index (χ0) is 15.7. The normalized spacial score (nSPS) is 17.1. The van der Waals surface area contributed by atoms with Crippen LogP contribution in [0.2, 0.25) is 0 Å². The van der Waals surface area contributed by atoms with Crippen molar-refractivity contribution in [1.29, 1.82) is 0 Å². The first-order chi connectivity index (χ1) is 10.6. The number of Topliss-reactive ketones (excluding diaryl/α,β-unsaturated/α-hetero) is 1. The SMILES string of the molecule is CN1C(=O)Cc2cc(C(=O)CCNC(=O)C3CCC3)ccc21. The van der Waals surface area contributed by atoms with E-state index < -0.39 is 0 Å². The maximum atomic E-state index is 12.2. The molecule has 22 heavy (non-hydrogen) atoms. The van der Waals surface area contributed by atoms with Gasteiger partial charge in [-0.05, 0) is 36.6 Å². The van der Waals surface area contributed by atoms with E-state index in [1.165, 1.54) is 0 Å². The number of rotatable bonds is 5. The number of hydrogen-bond acceptors (Lipinski definition) is 3. The lowest BCUT2D eigenvalue weighted by molar-refractivity contribution is -0.127. The second-order valence-corrected chi connectivity index (χ2v) is 6.07. The zero-order valence-corrected chi connectivity index (χ0v) is 12.7. The van der Waals surface area contributed by atoms with E-state index in [4.69, 9.17) is 0 Å². The molecule has 5 nitrogen and oxygen atoms in total. The summed E-state index contributed by atoms with van der Waals surface area (Å²) in [7, 11) is 1.74. The molecule has 1 aromatic carbocycles. The highest BCUT2D eigenvalue weighted by molar-refractivity contribution is 6.03. The second-order valence-electron chi connectivity index (χ2n) is 6.07. The standard InChI is InChI=1S/C17H20N2O3/c1-19-14-6-5-12(9-13(14)10-16(19)21)15(20)7-8-18-17(22)11-3-2-4-11/h5-6,9,11H,2-4,7-8,10H2,1H3,(H,18,22). The van der Waals surface area contributed by atoms with Crippen LogP contribution in [0.1, 0.15) is 41.6 Å². The molecule has 1 aliphatic heterocycles. The molecule has 0 aromatic heterocycles. The molecular formula is C17H20N2O3. The summed E-state index contributed by atoms with van der Waals surface area (Å²) < 4.78 is 0. The van der Waals surface area contributed by atoms with Crippen molar-refractivity contribution in [1.82, 2.24) is 5.32 Å². The van der Waals surface area contributed by atoms with Gasteiger partial charge in [0.2, 0.25) is 11.8 Å². The number of hydrogen-bond donors (Lipinski definition) is 1. The number of benzene rings is 1. The number of anilines is 1. The predicted molar refractivity (Wildman–Crippen MR) is 82.9 cm³/mol. The van der Waals surface area contributed by atoms with E-state index in [-0.39, 0.29) is 23.5 Å². The Morgan fingerprint density at radius 1 is 1.32 bits per heavy atom. The summed E-state index contributed by atoms with van der Waals surface area (Å²) in [5, 5.41) is 2.83. The van der Waals surface area contributed by atoms with Crippen LogP contribution in [0.15, 0.2) is 18.2 Å². The minimum atomic E-state index is -0.00119. The smallest absolute Gasteiger partial charge is 0.231 e. The first kappa shape index (κ1) is 14.8. The summed E-state index contributed by atoms with van der Waals surface area (Å²) in [5.41, 5.74) is 2.39. The number of carbonyl (C=O) groups excluding carboxylic acids is 3. The molecule has 0 radical (unpaired) electrons. The average Bonchev–Trinajstić information content (AvgIpc) is 2.71. The first-order valence-corrected chi connectivity index (χ1v) is 7.76. The Kier molecular flexibility index (Phi) is 3.96. The fraction of sp³-hybridized carbons (Fsp3) is 0.471. The first-order valence-electron chi connectivity index (χ1n) is 7.76. The molecule has 2 aliphatic rings. The van der Waals surface area contributed by atoms with E-state index in [9.17, 15) is 14.4 Å². The fourth-order valence-corrected chi connectivity index (χ4v) is 2.90. The van der Waals surface area contributed by atoms with Gasteiger partial charge >= 0.3 is 0 Å². The Hall–Kier alpha value is -2.17. The number of nitrogens with one attached hydrogen (secondary N) is 1. The highest BCUT2D eigenvalue weighted by atomic mass is 16.2. The molecule has 1 heterocycles. The molecule has 116 valence electrons. The molecule has 0 bridgehead atoms. The number of fused-ring (bicyclic) bond motifs is 1. The van der Waals surface area contributed by atoms with Gasteiger partial charge in [-0.2, -0.15) is 0 Å². The summed E-state index contributed by atoms with van der Waals surface area (Å²) in [6.07, 6.45) is 3.70. The molecule has 1 aliphatic carbocycles. The number of amides is 2. The lowest BCUT2D eigenvalue weighted by Gasteiger charge is -2.23. The molecule has 0 spiro atoms. The summed E-state index contributed by atoms with van der Waals surface area (Å²) in [4.78, 5) is 37.2. The van der Waals surface area contributed by atoms with Gasteiger partial charge in [-0.3, -0.25) is 14.4 Å². The van der Waals surface area contributed by atoms with Crippen molar-refractivity contribution in [3.8, 4) is 0 Å². The van der Waals surface area contributed by atoms with E-state index in [0.717, 1.165) is 30.5 Å². The molecule has 0 saturated heterocycles. The van der Waals surface area contributed by atoms with E-state index in [1.54, 1.807) is 24.1 Å². The lowest BCUT2D eigenvalue weighted by atomic mass is 9.85. The van der Waals surface area contributed by atoms with Crippen LogP contribution in [0.4, 0.5) is 5.69 Å². The van der Waals surface area contributed by atoms with Gasteiger partial charge in [0.1, 0.15) is 0 Å². The van der Waals surface area contributed by atoms with Gasteiger partial charge < -0.3 is 10.2 Å². The van der Waals surface area contributed by atoms with Gasteiger partial charge in [0.05, 0.1) is 6.42 Å². The van der Waals surface area contributed by atoms with Crippen LogP contribution < -0.4 is 10.2 Å². The van der Waals surface area contributed by atoms with Crippen LogP contribution in [-0.2, 0) is 16.0 Å². The van der Waals surface area contributed by atoms with Crippen LogP contribution >= 0.6 is 0 Å². The van der Waals surface area contributed by atoms with Crippen molar-refractivity contribution in [3.63, 3.8) is 0 Å². The zero-order valence-electron chi connectivity index (χ0n) is 12.7. The van der Waals surface area contributed by atoms with Gasteiger partial charge in [0.15, 0.2) is 5.78 Å². The summed E-state index contributed by atoms with van der Waals surface area (Å²) in [6.45, 7) is 0.379. The van der Waals surface area contributed by atoms with Crippen molar-refractivity contribution in [2.45, 2.75) is 32.1 Å². The molecule has 3 rings (SSSR count). The third kappa shape index (κ3) is 2.75. The van der Waals surface area contributed by atoms with Crippen molar-refractivity contribution < 1.29 is 14.4 Å². The van der Waals surface area contributed by atoms with Gasteiger partial charge in [0.25, 0.3) is 0 Å². The van der Waals surface area contributed by atoms with Crippen molar-refractivity contribution in [2.24, 2.45) is 5.92 Å². The molecule has 1 fully saturated rings. The quantitative estimate of drug-likeness (QED) is 0.842. The molecule has 1 aromatic rings. The van der Waals surface area contributed by atoms with Crippen LogP contribution in [0.5, 0.6) is 0 Å². The minimum Gasteiger partial charge on any atom is -0.355 e. The van der Waals surface area contributed by atoms with Crippen LogP contribution in [0, 0.1) is 5.92 Å². The van der Waals surface area contributed by atoms with Crippen LogP contribution in [-0.4, -0.2) is 31.2 Å². The van der Waals surface area contributed by atoms with E-state index >= 15 is 0 Å². The Labute approximate surface area is 129 Å². The third-order valence-corrected chi connectivity index (χ3v) is 4.61. The maximum Gasteiger partial charge on any atom is 0.231 e. The number of ketones is 1. The van der Waals surface area contributed by atoms with E-state index in [0.29, 0.717) is 24.9 Å². The number of nitrogens with zero attached hydrogens (tertiary/aromatic N) is 1. The van der Waals surface area contributed by atoms with Crippen LogP contribution in [0.25, 0.3) is 0 Å². The van der Waals surface area contributed by atoms with Gasteiger partial charge in [-0.1, -0.05) is 6.42 Å². The van der Waals surface area contributed by atoms with Gasteiger partial charge in [0, 0.05) is 37.2 Å². The number of likely N-dealkylation sites (N-methyl/N-ethyl adjacent to an activating group) is 1. The molecule has 0 unspecified atom stereocenters. The van der Waals surface area contributed by atoms with Gasteiger partial charge in [-0.15, -0.1) is 0 Å². The summed E-state index contributed by atoms with van der Waals surface area (Å²) in [6, 6.07) is 5.37. The summed E-state index contributed by atoms with van der Waals surface area (Å²) >= 11 is 0. The Morgan fingerprint density at radius 2 is 2.09 bits per heavy atom. The molecular weight excluding hydrogens is 280 g/mol. The Morgan fingerprint density at radius 3 is 2.77 bits per heavy atom. The topological polar surface area (TPSA) is 66.5 Å². The third-order valence-electron chi connectivity index (χ3n) is 4.61. The van der Waals surface area contributed by atoms with Crippen molar-refractivity contribution >= 4 is 23.3 Å². The predicted octanol–water partition coefficient (Wildman–Crippen LogP) is 1.69. The average molecular weight is 300 g/mol. The highest BCUT2D eigenvalue weighted by Gasteiger charge is 2.26. The Balaban J connectivity index is 1.55. The van der Waals surface area contributed by atoms with Gasteiger partial charge in [-0.25, -0.2) is 0 Å². The minimum absolute atomic E-state index is 0.00119. The van der Waals surface area contributed by atoms with E-state index in [1.807, 2.05) is 6.07 Å². The van der Waals surface area contributed by atoms with Crippen LogP contribution in [0.3, 0.4) is 0 Å². The molecule has 0 atom stereocenters. The summed E-state index contributed by atoms with van der Waals surface area (Å²) in [5.74, 6) is 0.267. The molecule has 2 amide bonds. The second kappa shape index (κ2) is 5.91. The number of carbonyl (C=O) groups is 3. The highest BCUT2D eigenvalue weighted by Crippen LogP contribution is 2.28. The largest absolute Gasteiger partial charge is 0.355 e. The molecule has 1 saturated carbocycles. The molecule has 1 N–H and O–H groups in total. The molecule has 5 heteroatoms. The maximum absolute atomic E-state index is 12.2. The van der Waals surface area contributed by atoms with E-state index in [2.05, 4.69) is 5.32 Å². The lowest BCUT2D eigenvalue weighted by Crippen LogP contribution is -2.35. The van der Waals surface area contributed by atoms with Crippen molar-refractivity contribution in [3.05, 3.63) is 29.3 Å². The monoisotopic (exact) mass is 300 g/mol. The Bertz CT molecular complexity index is 635.